The van der Waals surface area contributed by atoms with Gasteiger partial charge in [-0.15, -0.1) is 11.3 Å². The number of nitrogens with zero attached hydrogens (tertiary/aromatic N) is 4. The van der Waals surface area contributed by atoms with Crippen molar-refractivity contribution in [2.75, 3.05) is 0 Å². The Morgan fingerprint density at radius 2 is 2.10 bits per heavy atom. The van der Waals surface area contributed by atoms with Gasteiger partial charge < -0.3 is 9.73 Å². The second kappa shape index (κ2) is 7.32. The molecular weight excluding hydrogens is 390 g/mol. The lowest BCUT2D eigenvalue weighted by Gasteiger charge is -2.20. The monoisotopic (exact) mass is 411 g/mol. The molecule has 9 heteroatoms. The van der Waals surface area contributed by atoms with Gasteiger partial charge in [0, 0.05) is 0 Å². The Hall–Kier alpha value is -3.20. The van der Waals surface area contributed by atoms with E-state index in [1.165, 1.54) is 16.0 Å². The van der Waals surface area contributed by atoms with E-state index in [4.69, 9.17) is 4.42 Å². The second-order valence-corrected chi connectivity index (χ2v) is 8.58. The number of nitrogens with one attached hydrogen (secondary N) is 1. The number of thiophene rings is 1. The number of carbonyl (C=O) groups is 1. The maximum Gasteiger partial charge on any atom is 0.293 e. The van der Waals surface area contributed by atoms with Gasteiger partial charge in [0.25, 0.3) is 5.56 Å². The summed E-state index contributed by atoms with van der Waals surface area (Å²) in [5, 5.41) is 14.3. The third-order valence-corrected chi connectivity index (χ3v) is 5.28. The van der Waals surface area contributed by atoms with E-state index >= 15 is 0 Å². The smallest absolute Gasteiger partial charge is 0.293 e. The summed E-state index contributed by atoms with van der Waals surface area (Å²) in [4.78, 5) is 26.5. The lowest BCUT2D eigenvalue weighted by atomic mass is 10.1. The Morgan fingerprint density at radius 3 is 2.76 bits per heavy atom. The predicted molar refractivity (Wildman–Crippen MR) is 111 cm³/mol. The summed E-state index contributed by atoms with van der Waals surface area (Å²) >= 11 is 1.52. The van der Waals surface area contributed by atoms with E-state index in [0.717, 1.165) is 4.88 Å². The van der Waals surface area contributed by atoms with Gasteiger partial charge >= 0.3 is 0 Å². The normalized spacial score (nSPS) is 11.8. The van der Waals surface area contributed by atoms with Gasteiger partial charge in [0.05, 0.1) is 34.8 Å². The van der Waals surface area contributed by atoms with E-state index in [9.17, 15) is 9.59 Å². The van der Waals surface area contributed by atoms with Gasteiger partial charge in [0.1, 0.15) is 23.5 Å². The number of fused-ring (bicyclic) bond motifs is 1. The van der Waals surface area contributed by atoms with Gasteiger partial charge in [-0.05, 0) is 44.4 Å². The van der Waals surface area contributed by atoms with Gasteiger partial charge in [-0.25, -0.2) is 4.68 Å². The molecule has 0 aliphatic rings. The molecule has 29 heavy (non-hydrogen) atoms. The Bertz CT molecular complexity index is 1200. The third kappa shape index (κ3) is 3.73. The lowest BCUT2D eigenvalue weighted by Crippen LogP contribution is -2.35. The summed E-state index contributed by atoms with van der Waals surface area (Å²) in [6.07, 6.45) is 3.22. The van der Waals surface area contributed by atoms with Crippen molar-refractivity contribution in [3.63, 3.8) is 0 Å². The number of rotatable bonds is 5. The van der Waals surface area contributed by atoms with E-state index < -0.39 is 5.54 Å². The quantitative estimate of drug-likeness (QED) is 0.545. The van der Waals surface area contributed by atoms with Gasteiger partial charge in [0.15, 0.2) is 0 Å². The minimum absolute atomic E-state index is 0.191. The minimum Gasteiger partial charge on any atom is -0.467 e. The van der Waals surface area contributed by atoms with Crippen LogP contribution >= 0.6 is 11.3 Å². The molecule has 0 aliphatic carbocycles. The van der Waals surface area contributed by atoms with Crippen molar-refractivity contribution >= 4 is 28.1 Å². The van der Waals surface area contributed by atoms with Crippen LogP contribution in [0.25, 0.3) is 21.5 Å². The zero-order valence-electron chi connectivity index (χ0n) is 16.4. The van der Waals surface area contributed by atoms with Crippen molar-refractivity contribution < 1.29 is 9.21 Å². The number of furan rings is 1. The number of aromatic nitrogens is 4. The van der Waals surface area contributed by atoms with Crippen molar-refractivity contribution in [2.24, 2.45) is 0 Å². The molecule has 4 heterocycles. The standard InChI is InChI=1S/C20H21N5O3S/c1-20(2,3)25-18-14(11-22-25)17(15-7-5-9-29-15)23-24(19(18)27)12-16(26)21-10-13-6-4-8-28-13/h4-9,11H,10,12H2,1-3H3,(H,21,26). The maximum atomic E-state index is 13.2. The molecule has 0 aliphatic heterocycles. The summed E-state index contributed by atoms with van der Waals surface area (Å²) in [5.41, 5.74) is 0.341. The molecule has 0 radical (unpaired) electrons. The van der Waals surface area contributed by atoms with Crippen LogP contribution in [0.4, 0.5) is 0 Å². The highest BCUT2D eigenvalue weighted by Gasteiger charge is 2.24. The van der Waals surface area contributed by atoms with Crippen LogP contribution in [-0.4, -0.2) is 25.5 Å². The molecule has 4 aromatic heterocycles. The number of carbonyl (C=O) groups excluding carboxylic acids is 1. The molecule has 0 spiro atoms. The number of hydrogen-bond acceptors (Lipinski definition) is 6. The second-order valence-electron chi connectivity index (χ2n) is 7.63. The average Bonchev–Trinajstić information content (AvgIpc) is 3.42. The molecular formula is C20H21N5O3S. The molecule has 150 valence electrons. The SMILES string of the molecule is CC(C)(C)n1ncc2c(-c3cccs3)nn(CC(=O)NCc3ccco3)c(=O)c21. The van der Waals surface area contributed by atoms with Crippen LogP contribution in [0.1, 0.15) is 26.5 Å². The molecule has 8 nitrogen and oxygen atoms in total. The molecule has 0 aromatic carbocycles. The molecule has 1 amide bonds. The molecule has 0 unspecified atom stereocenters. The van der Waals surface area contributed by atoms with Crippen LogP contribution in [0.5, 0.6) is 0 Å². The summed E-state index contributed by atoms with van der Waals surface area (Å²) in [5.74, 6) is 0.313. The fourth-order valence-electron chi connectivity index (χ4n) is 3.07. The first-order valence-electron chi connectivity index (χ1n) is 9.17. The van der Waals surface area contributed by atoms with Crippen LogP contribution < -0.4 is 10.9 Å². The van der Waals surface area contributed by atoms with E-state index in [2.05, 4.69) is 15.5 Å². The molecule has 0 atom stereocenters. The Labute approximate surface area is 170 Å². The van der Waals surface area contributed by atoms with E-state index in [-0.39, 0.29) is 24.6 Å². The first kappa shape index (κ1) is 19.1. The Morgan fingerprint density at radius 1 is 1.28 bits per heavy atom. The summed E-state index contributed by atoms with van der Waals surface area (Å²) < 4.78 is 8.12. The maximum absolute atomic E-state index is 13.2. The highest BCUT2D eigenvalue weighted by atomic mass is 32.1. The van der Waals surface area contributed by atoms with Gasteiger partial charge in [-0.1, -0.05) is 6.07 Å². The summed E-state index contributed by atoms with van der Waals surface area (Å²) in [6.45, 7) is 5.99. The fourth-order valence-corrected chi connectivity index (χ4v) is 3.79. The summed E-state index contributed by atoms with van der Waals surface area (Å²) in [6, 6.07) is 7.38. The number of amides is 1. The van der Waals surface area contributed by atoms with Crippen molar-refractivity contribution in [1.82, 2.24) is 24.9 Å². The molecule has 4 aromatic rings. The molecule has 1 N–H and O–H groups in total. The Balaban J connectivity index is 1.76. The highest BCUT2D eigenvalue weighted by Crippen LogP contribution is 2.30. The van der Waals surface area contributed by atoms with Gasteiger partial charge in [0.2, 0.25) is 5.91 Å². The average molecular weight is 411 g/mol. The van der Waals surface area contributed by atoms with Crippen molar-refractivity contribution in [2.45, 2.75) is 39.4 Å². The molecule has 4 rings (SSSR count). The topological polar surface area (TPSA) is 94.9 Å². The van der Waals surface area contributed by atoms with Crippen molar-refractivity contribution in [3.8, 4) is 10.6 Å². The third-order valence-electron chi connectivity index (χ3n) is 4.41. The van der Waals surface area contributed by atoms with E-state index in [0.29, 0.717) is 22.4 Å². The van der Waals surface area contributed by atoms with Gasteiger partial charge in [-0.2, -0.15) is 10.2 Å². The highest BCUT2D eigenvalue weighted by molar-refractivity contribution is 7.13. The first-order valence-corrected chi connectivity index (χ1v) is 10.0. The van der Waals surface area contributed by atoms with Crippen molar-refractivity contribution in [1.29, 1.82) is 0 Å². The zero-order valence-corrected chi connectivity index (χ0v) is 17.2. The number of hydrogen-bond donors (Lipinski definition) is 1. The van der Waals surface area contributed by atoms with Crippen LogP contribution in [0.2, 0.25) is 0 Å². The molecule has 0 saturated carbocycles. The lowest BCUT2D eigenvalue weighted by molar-refractivity contribution is -0.122. The zero-order chi connectivity index (χ0) is 20.6. The van der Waals surface area contributed by atoms with Crippen LogP contribution in [0, 0.1) is 0 Å². The van der Waals surface area contributed by atoms with E-state index in [1.54, 1.807) is 29.3 Å². The summed E-state index contributed by atoms with van der Waals surface area (Å²) in [7, 11) is 0. The first-order chi connectivity index (χ1) is 13.8. The predicted octanol–water partition coefficient (Wildman–Crippen LogP) is 2.99. The van der Waals surface area contributed by atoms with Crippen molar-refractivity contribution in [3.05, 3.63) is 58.2 Å². The molecule has 0 bridgehead atoms. The molecule has 0 fully saturated rings. The largest absolute Gasteiger partial charge is 0.467 e. The van der Waals surface area contributed by atoms with Crippen LogP contribution in [-0.2, 0) is 23.4 Å². The van der Waals surface area contributed by atoms with Crippen LogP contribution in [0.15, 0.2) is 51.3 Å². The molecule has 0 saturated heterocycles. The van der Waals surface area contributed by atoms with E-state index in [1.807, 2.05) is 38.3 Å². The fraction of sp³-hybridized carbons (Fsp3) is 0.300. The minimum atomic E-state index is -0.394. The van der Waals surface area contributed by atoms with Crippen LogP contribution in [0.3, 0.4) is 0 Å². The Kier molecular flexibility index (Phi) is 4.83. The van der Waals surface area contributed by atoms with Gasteiger partial charge in [-0.3, -0.25) is 14.3 Å².